The molecule has 0 aliphatic carbocycles. The standard InChI is InChI=1S/C12H10ClN3O2S/c13-10-5-9(16(17)18)2-1-8(10)7-19-12-3-4-15-6-11(12)14/h1-6H,7,14H2. The highest BCUT2D eigenvalue weighted by molar-refractivity contribution is 7.98. The molecule has 0 amide bonds. The van der Waals surface area contributed by atoms with Crippen LogP contribution in [0.3, 0.4) is 0 Å². The van der Waals surface area contributed by atoms with Crippen LogP contribution >= 0.6 is 23.4 Å². The molecule has 0 fully saturated rings. The molecule has 0 aliphatic heterocycles. The van der Waals surface area contributed by atoms with E-state index in [0.717, 1.165) is 10.5 Å². The predicted molar refractivity (Wildman–Crippen MR) is 76.3 cm³/mol. The van der Waals surface area contributed by atoms with Crippen molar-refractivity contribution in [1.29, 1.82) is 0 Å². The minimum absolute atomic E-state index is 0.0119. The second kappa shape index (κ2) is 5.90. The molecule has 0 spiro atoms. The first-order valence-electron chi connectivity index (χ1n) is 5.33. The highest BCUT2D eigenvalue weighted by atomic mass is 35.5. The molecule has 19 heavy (non-hydrogen) atoms. The van der Waals surface area contributed by atoms with Crippen molar-refractivity contribution in [3.63, 3.8) is 0 Å². The summed E-state index contributed by atoms with van der Waals surface area (Å²) in [6.07, 6.45) is 3.25. The number of halogens is 1. The minimum atomic E-state index is -0.469. The van der Waals surface area contributed by atoms with Gasteiger partial charge in [0.05, 0.1) is 21.8 Å². The van der Waals surface area contributed by atoms with Gasteiger partial charge in [0.2, 0.25) is 0 Å². The van der Waals surface area contributed by atoms with E-state index >= 15 is 0 Å². The minimum Gasteiger partial charge on any atom is -0.397 e. The Morgan fingerprint density at radius 1 is 1.42 bits per heavy atom. The smallest absolute Gasteiger partial charge is 0.270 e. The zero-order valence-electron chi connectivity index (χ0n) is 9.75. The number of nitrogen functional groups attached to an aromatic ring is 1. The van der Waals surface area contributed by atoms with Crippen molar-refractivity contribution < 1.29 is 4.92 Å². The number of aromatic nitrogens is 1. The van der Waals surface area contributed by atoms with Gasteiger partial charge in [-0.15, -0.1) is 11.8 Å². The lowest BCUT2D eigenvalue weighted by molar-refractivity contribution is -0.384. The van der Waals surface area contributed by atoms with Crippen molar-refractivity contribution in [2.45, 2.75) is 10.6 Å². The topological polar surface area (TPSA) is 82.0 Å². The van der Waals surface area contributed by atoms with E-state index < -0.39 is 4.92 Å². The first-order chi connectivity index (χ1) is 9.08. The first kappa shape index (κ1) is 13.6. The highest BCUT2D eigenvalue weighted by Gasteiger charge is 2.10. The van der Waals surface area contributed by atoms with Gasteiger partial charge in [0, 0.05) is 29.0 Å². The summed E-state index contributed by atoms with van der Waals surface area (Å²) < 4.78 is 0. The molecule has 2 N–H and O–H groups in total. The van der Waals surface area contributed by atoms with E-state index in [1.54, 1.807) is 18.5 Å². The molecule has 2 aromatic rings. The molecular weight excluding hydrogens is 286 g/mol. The van der Waals surface area contributed by atoms with Crippen LogP contribution in [0, 0.1) is 10.1 Å². The number of benzene rings is 1. The summed E-state index contributed by atoms with van der Waals surface area (Å²) in [7, 11) is 0. The molecule has 1 heterocycles. The monoisotopic (exact) mass is 295 g/mol. The first-order valence-corrected chi connectivity index (χ1v) is 6.69. The van der Waals surface area contributed by atoms with E-state index in [4.69, 9.17) is 17.3 Å². The number of non-ortho nitro benzene ring substituents is 1. The third-order valence-corrected chi connectivity index (χ3v) is 3.93. The maximum absolute atomic E-state index is 10.6. The van der Waals surface area contributed by atoms with Crippen LogP contribution < -0.4 is 5.73 Å². The van der Waals surface area contributed by atoms with Gasteiger partial charge in [-0.2, -0.15) is 0 Å². The van der Waals surface area contributed by atoms with Crippen LogP contribution in [0.2, 0.25) is 5.02 Å². The summed E-state index contributed by atoms with van der Waals surface area (Å²) >= 11 is 7.53. The second-order valence-electron chi connectivity index (χ2n) is 3.73. The van der Waals surface area contributed by atoms with Gasteiger partial charge < -0.3 is 5.73 Å². The van der Waals surface area contributed by atoms with Gasteiger partial charge in [0.25, 0.3) is 5.69 Å². The number of nitrogens with two attached hydrogens (primary N) is 1. The molecule has 98 valence electrons. The lowest BCUT2D eigenvalue weighted by atomic mass is 10.2. The molecule has 0 unspecified atom stereocenters. The molecular formula is C12H10ClN3O2S. The fourth-order valence-electron chi connectivity index (χ4n) is 1.45. The number of nitro benzene ring substituents is 1. The van der Waals surface area contributed by atoms with Crippen LogP contribution in [0.4, 0.5) is 11.4 Å². The highest BCUT2D eigenvalue weighted by Crippen LogP contribution is 2.31. The number of hydrogen-bond acceptors (Lipinski definition) is 5. The quantitative estimate of drug-likeness (QED) is 0.530. The normalized spacial score (nSPS) is 10.4. The molecule has 2 rings (SSSR count). The van der Waals surface area contributed by atoms with Crippen LogP contribution in [0.5, 0.6) is 0 Å². The Morgan fingerprint density at radius 3 is 2.84 bits per heavy atom. The second-order valence-corrected chi connectivity index (χ2v) is 5.16. The van der Waals surface area contributed by atoms with Gasteiger partial charge in [0.15, 0.2) is 0 Å². The van der Waals surface area contributed by atoms with Crippen molar-refractivity contribution in [2.24, 2.45) is 0 Å². The van der Waals surface area contributed by atoms with E-state index in [0.29, 0.717) is 16.5 Å². The van der Waals surface area contributed by atoms with E-state index in [2.05, 4.69) is 4.98 Å². The van der Waals surface area contributed by atoms with Crippen LogP contribution in [0.25, 0.3) is 0 Å². The molecule has 0 aliphatic rings. The van der Waals surface area contributed by atoms with Gasteiger partial charge in [-0.1, -0.05) is 11.6 Å². The molecule has 7 heteroatoms. The SMILES string of the molecule is Nc1cnccc1SCc1ccc([N+](=O)[O-])cc1Cl. The van der Waals surface area contributed by atoms with Gasteiger partial charge in [-0.25, -0.2) is 0 Å². The Labute approximate surface area is 118 Å². The summed E-state index contributed by atoms with van der Waals surface area (Å²) in [6, 6.07) is 6.27. The van der Waals surface area contributed by atoms with E-state index in [-0.39, 0.29) is 5.69 Å². The fourth-order valence-corrected chi connectivity index (χ4v) is 2.71. The Hall–Kier alpha value is -1.79. The summed E-state index contributed by atoms with van der Waals surface area (Å²) in [5.41, 5.74) is 7.20. The Kier molecular flexibility index (Phi) is 4.24. The van der Waals surface area contributed by atoms with Crippen LogP contribution in [0.1, 0.15) is 5.56 Å². The number of pyridine rings is 1. The van der Waals surface area contributed by atoms with Crippen LogP contribution in [-0.2, 0) is 5.75 Å². The Balaban J connectivity index is 2.12. The van der Waals surface area contributed by atoms with Crippen molar-refractivity contribution in [3.05, 3.63) is 57.4 Å². The maximum Gasteiger partial charge on any atom is 0.270 e. The van der Waals surface area contributed by atoms with Gasteiger partial charge >= 0.3 is 0 Å². The van der Waals surface area contributed by atoms with Gasteiger partial charge in [-0.3, -0.25) is 15.1 Å². The summed E-state index contributed by atoms with van der Waals surface area (Å²) in [4.78, 5) is 15.0. The van der Waals surface area contributed by atoms with Gasteiger partial charge in [-0.05, 0) is 17.7 Å². The lowest BCUT2D eigenvalue weighted by Gasteiger charge is -2.06. The summed E-state index contributed by atoms with van der Waals surface area (Å²) in [5.74, 6) is 0.588. The third kappa shape index (κ3) is 3.36. The van der Waals surface area contributed by atoms with Crippen molar-refractivity contribution in [1.82, 2.24) is 4.98 Å². The molecule has 0 atom stereocenters. The van der Waals surface area contributed by atoms with Crippen molar-refractivity contribution in [3.8, 4) is 0 Å². The molecule has 0 saturated carbocycles. The molecule has 1 aromatic heterocycles. The summed E-state index contributed by atoms with van der Waals surface area (Å²) in [5, 5.41) is 11.0. The zero-order valence-corrected chi connectivity index (χ0v) is 11.3. The molecule has 0 saturated heterocycles. The zero-order chi connectivity index (χ0) is 13.8. The van der Waals surface area contributed by atoms with Crippen molar-refractivity contribution in [2.75, 3.05) is 5.73 Å². The third-order valence-electron chi connectivity index (χ3n) is 2.44. The molecule has 5 nitrogen and oxygen atoms in total. The number of nitro groups is 1. The average Bonchev–Trinajstić information content (AvgIpc) is 2.39. The number of nitrogens with zero attached hydrogens (tertiary/aromatic N) is 2. The molecule has 0 radical (unpaired) electrons. The number of thioether (sulfide) groups is 1. The fraction of sp³-hybridized carbons (Fsp3) is 0.0833. The van der Waals surface area contributed by atoms with Crippen LogP contribution in [-0.4, -0.2) is 9.91 Å². The van der Waals surface area contributed by atoms with E-state index in [9.17, 15) is 10.1 Å². The molecule has 0 bridgehead atoms. The van der Waals surface area contributed by atoms with Crippen LogP contribution in [0.15, 0.2) is 41.6 Å². The van der Waals surface area contributed by atoms with E-state index in [1.165, 1.54) is 23.9 Å². The van der Waals surface area contributed by atoms with Gasteiger partial charge in [0.1, 0.15) is 0 Å². The Morgan fingerprint density at radius 2 is 2.21 bits per heavy atom. The maximum atomic E-state index is 10.6. The van der Waals surface area contributed by atoms with Crippen molar-refractivity contribution >= 4 is 34.7 Å². The Bertz CT molecular complexity index is 622. The average molecular weight is 296 g/mol. The predicted octanol–water partition coefficient (Wildman–Crippen LogP) is 3.52. The number of rotatable bonds is 4. The molecule has 1 aromatic carbocycles. The van der Waals surface area contributed by atoms with E-state index in [1.807, 2.05) is 6.07 Å². The lowest BCUT2D eigenvalue weighted by Crippen LogP contribution is -1.92. The number of hydrogen-bond donors (Lipinski definition) is 1. The summed E-state index contributed by atoms with van der Waals surface area (Å²) in [6.45, 7) is 0. The number of anilines is 1. The largest absolute Gasteiger partial charge is 0.397 e.